The first-order valence-corrected chi connectivity index (χ1v) is 7.99. The van der Waals surface area contributed by atoms with Crippen LogP contribution in [0, 0.1) is 0 Å². The molecule has 0 spiro atoms. The summed E-state index contributed by atoms with van der Waals surface area (Å²) in [5.74, 6) is -1.38. The lowest BCUT2D eigenvalue weighted by atomic mass is 9.92. The molecule has 2 aromatic rings. The van der Waals surface area contributed by atoms with Crippen LogP contribution >= 0.6 is 0 Å². The number of hydrogen-bond acceptors (Lipinski definition) is 5. The number of allylic oxidation sites excluding steroid dienone is 1. The normalized spacial score (nSPS) is 20.6. The molecule has 1 aliphatic rings. The van der Waals surface area contributed by atoms with Crippen LogP contribution in [0.2, 0.25) is 0 Å². The van der Waals surface area contributed by atoms with Crippen molar-refractivity contribution >= 4 is 16.9 Å². The smallest absolute Gasteiger partial charge is 0.370 e. The van der Waals surface area contributed by atoms with Gasteiger partial charge in [-0.2, -0.15) is 0 Å². The van der Waals surface area contributed by atoms with Crippen molar-refractivity contribution < 1.29 is 28.9 Å². The molecule has 3 rings (SSSR count). The summed E-state index contributed by atoms with van der Waals surface area (Å²) in [7, 11) is 0. The first kappa shape index (κ1) is 16.5. The number of aliphatic hydroxyl groups excluding tert-OH is 1. The molecule has 0 amide bonds. The molecule has 128 valence electrons. The number of fused-ring (bicyclic) bond motifs is 1. The minimum absolute atomic E-state index is 0.108. The predicted molar refractivity (Wildman–Crippen MR) is 86.4 cm³/mol. The molecule has 0 unspecified atom stereocenters. The number of benzene rings is 1. The van der Waals surface area contributed by atoms with Gasteiger partial charge in [-0.05, 0) is 25.0 Å². The molecule has 0 radical (unpaired) electrons. The number of carbonyl (C=O) groups is 1. The molecule has 0 fully saturated rings. The number of aliphatic hydroxyl groups is 1. The van der Waals surface area contributed by atoms with Crippen molar-refractivity contribution in [2.24, 2.45) is 0 Å². The summed E-state index contributed by atoms with van der Waals surface area (Å²) in [5, 5.41) is 19.1. The summed E-state index contributed by atoms with van der Waals surface area (Å²) in [4.78, 5) is 11.3. The Balaban J connectivity index is 1.80. The second-order valence-electron chi connectivity index (χ2n) is 5.71. The van der Waals surface area contributed by atoms with Crippen molar-refractivity contribution in [3.8, 4) is 0 Å². The van der Waals surface area contributed by atoms with Gasteiger partial charge < -0.3 is 24.1 Å². The molecule has 0 saturated carbocycles. The lowest BCUT2D eigenvalue weighted by Crippen LogP contribution is -2.27. The zero-order chi connectivity index (χ0) is 16.9. The Morgan fingerprint density at radius 1 is 1.29 bits per heavy atom. The minimum Gasteiger partial charge on any atom is -0.475 e. The van der Waals surface area contributed by atoms with Gasteiger partial charge in [0.1, 0.15) is 5.58 Å². The van der Waals surface area contributed by atoms with Crippen molar-refractivity contribution in [3.63, 3.8) is 0 Å². The van der Waals surface area contributed by atoms with Gasteiger partial charge in [-0.3, -0.25) is 0 Å². The van der Waals surface area contributed by atoms with Gasteiger partial charge in [0.05, 0.1) is 12.9 Å². The highest BCUT2D eigenvalue weighted by molar-refractivity contribution is 5.86. The fraction of sp³-hybridized carbons (Fsp3) is 0.389. The van der Waals surface area contributed by atoms with Gasteiger partial charge in [0.2, 0.25) is 12.0 Å². The average molecular weight is 332 g/mol. The standard InChI is InChI=1S/C18H20O6/c19-7-3-4-8-22-17-10-12(9-16(24-17)18(20)21)14-11-23-15-6-2-1-5-13(14)15/h1-2,5-6,9,11-12,17,19H,3-4,7-8,10H2,(H,20,21)/t12-,17+/m1/s1. The highest BCUT2D eigenvalue weighted by atomic mass is 16.7. The van der Waals surface area contributed by atoms with Crippen molar-refractivity contribution in [1.29, 1.82) is 0 Å². The van der Waals surface area contributed by atoms with Crippen molar-refractivity contribution in [3.05, 3.63) is 47.9 Å². The third-order valence-electron chi connectivity index (χ3n) is 4.03. The van der Waals surface area contributed by atoms with E-state index >= 15 is 0 Å². The van der Waals surface area contributed by atoms with Crippen LogP contribution in [0.5, 0.6) is 0 Å². The van der Waals surface area contributed by atoms with E-state index < -0.39 is 12.3 Å². The highest BCUT2D eigenvalue weighted by Gasteiger charge is 2.30. The summed E-state index contributed by atoms with van der Waals surface area (Å²) in [5.41, 5.74) is 1.70. The number of aliphatic carboxylic acids is 1. The summed E-state index contributed by atoms with van der Waals surface area (Å²) in [6.07, 6.45) is 4.50. The Kier molecular flexibility index (Phi) is 5.17. The zero-order valence-corrected chi connectivity index (χ0v) is 13.2. The van der Waals surface area contributed by atoms with Crippen molar-refractivity contribution in [2.75, 3.05) is 13.2 Å². The molecule has 0 aliphatic carbocycles. The van der Waals surface area contributed by atoms with Crippen molar-refractivity contribution in [1.82, 2.24) is 0 Å². The van der Waals surface area contributed by atoms with Crippen LogP contribution < -0.4 is 0 Å². The van der Waals surface area contributed by atoms with E-state index in [1.165, 1.54) is 0 Å². The van der Waals surface area contributed by atoms with Crippen LogP contribution in [0.4, 0.5) is 0 Å². The Morgan fingerprint density at radius 3 is 2.92 bits per heavy atom. The predicted octanol–water partition coefficient (Wildman–Crippen LogP) is 3.02. The van der Waals surface area contributed by atoms with Crippen LogP contribution in [-0.2, 0) is 14.3 Å². The Labute approximate surface area is 139 Å². The molecule has 2 N–H and O–H groups in total. The number of carboxylic acids is 1. The summed E-state index contributed by atoms with van der Waals surface area (Å²) in [6, 6.07) is 7.65. The highest BCUT2D eigenvalue weighted by Crippen LogP contribution is 2.36. The maximum Gasteiger partial charge on any atom is 0.370 e. The van der Waals surface area contributed by atoms with Gasteiger partial charge in [-0.15, -0.1) is 0 Å². The van der Waals surface area contributed by atoms with Crippen LogP contribution in [0.1, 0.15) is 30.7 Å². The van der Waals surface area contributed by atoms with Gasteiger partial charge >= 0.3 is 5.97 Å². The summed E-state index contributed by atoms with van der Waals surface area (Å²) < 4.78 is 16.6. The van der Waals surface area contributed by atoms with Gasteiger partial charge in [-0.1, -0.05) is 18.2 Å². The molecule has 6 nitrogen and oxygen atoms in total. The van der Waals surface area contributed by atoms with E-state index in [4.69, 9.17) is 19.0 Å². The molecule has 0 saturated heterocycles. The SMILES string of the molecule is O=C(O)C1=C[C@@H](c2coc3ccccc23)C[C@@H](OCCCCO)O1. The third-order valence-corrected chi connectivity index (χ3v) is 4.03. The number of unbranched alkanes of at least 4 members (excludes halogenated alkanes) is 1. The molecule has 6 heteroatoms. The lowest BCUT2D eigenvalue weighted by Gasteiger charge is -2.27. The largest absolute Gasteiger partial charge is 0.475 e. The van der Waals surface area contributed by atoms with E-state index in [9.17, 15) is 9.90 Å². The Morgan fingerprint density at radius 2 is 2.12 bits per heavy atom. The summed E-state index contributed by atoms with van der Waals surface area (Å²) >= 11 is 0. The van der Waals surface area contributed by atoms with E-state index in [0.29, 0.717) is 25.9 Å². The molecule has 2 atom stereocenters. The van der Waals surface area contributed by atoms with Crippen LogP contribution in [0.3, 0.4) is 0 Å². The quantitative estimate of drug-likeness (QED) is 0.758. The number of furan rings is 1. The first-order valence-electron chi connectivity index (χ1n) is 7.99. The summed E-state index contributed by atoms with van der Waals surface area (Å²) in [6.45, 7) is 0.524. The molecule has 1 aromatic heterocycles. The maximum atomic E-state index is 11.3. The minimum atomic E-state index is -1.11. The number of para-hydroxylation sites is 1. The number of carboxylic acid groups (broad SMARTS) is 1. The average Bonchev–Trinajstić information content (AvgIpc) is 3.02. The third kappa shape index (κ3) is 3.60. The van der Waals surface area contributed by atoms with E-state index in [2.05, 4.69) is 0 Å². The molecule has 1 aromatic carbocycles. The van der Waals surface area contributed by atoms with E-state index in [0.717, 1.165) is 16.5 Å². The first-order chi connectivity index (χ1) is 11.7. The number of hydrogen-bond donors (Lipinski definition) is 2. The topological polar surface area (TPSA) is 89.1 Å². The van der Waals surface area contributed by atoms with E-state index in [1.54, 1.807) is 12.3 Å². The molecule has 2 heterocycles. The van der Waals surface area contributed by atoms with Crippen molar-refractivity contribution in [2.45, 2.75) is 31.5 Å². The number of rotatable bonds is 7. The lowest BCUT2D eigenvalue weighted by molar-refractivity contribution is -0.157. The Bertz CT molecular complexity index is 732. The fourth-order valence-electron chi connectivity index (χ4n) is 2.84. The second kappa shape index (κ2) is 7.51. The van der Waals surface area contributed by atoms with Crippen LogP contribution in [0.25, 0.3) is 11.0 Å². The Hall–Kier alpha value is -2.31. The van der Waals surface area contributed by atoms with Gasteiger partial charge in [-0.25, -0.2) is 4.79 Å². The van der Waals surface area contributed by atoms with E-state index in [-0.39, 0.29) is 18.3 Å². The monoisotopic (exact) mass is 332 g/mol. The molecular weight excluding hydrogens is 312 g/mol. The molecule has 1 aliphatic heterocycles. The fourth-order valence-corrected chi connectivity index (χ4v) is 2.84. The maximum absolute atomic E-state index is 11.3. The number of ether oxygens (including phenoxy) is 2. The molecule has 24 heavy (non-hydrogen) atoms. The van der Waals surface area contributed by atoms with Crippen LogP contribution in [0.15, 0.2) is 46.8 Å². The van der Waals surface area contributed by atoms with Gasteiger partial charge in [0.15, 0.2) is 0 Å². The molecular formula is C18H20O6. The molecule has 0 bridgehead atoms. The zero-order valence-electron chi connectivity index (χ0n) is 13.2. The second-order valence-corrected chi connectivity index (χ2v) is 5.71. The van der Waals surface area contributed by atoms with Gasteiger partial charge in [0, 0.05) is 29.9 Å². The van der Waals surface area contributed by atoms with Gasteiger partial charge in [0.25, 0.3) is 0 Å². The van der Waals surface area contributed by atoms with Crippen LogP contribution in [-0.4, -0.2) is 35.7 Å². The van der Waals surface area contributed by atoms with E-state index in [1.807, 2.05) is 24.3 Å².